The van der Waals surface area contributed by atoms with Crippen LogP contribution in [0.15, 0.2) is 17.5 Å². The molecular formula is C11H17N3OS. The lowest BCUT2D eigenvalue weighted by molar-refractivity contribution is 0.211. The van der Waals surface area contributed by atoms with Crippen molar-refractivity contribution in [2.45, 2.75) is 13.0 Å². The van der Waals surface area contributed by atoms with Gasteiger partial charge in [0.05, 0.1) is 6.04 Å². The number of hydrogen-bond donors (Lipinski definition) is 2. The minimum absolute atomic E-state index is 0.0266. The zero-order chi connectivity index (χ0) is 11.5. The molecule has 0 bridgehead atoms. The number of nitrogens with zero attached hydrogens (tertiary/aromatic N) is 1. The molecule has 16 heavy (non-hydrogen) atoms. The van der Waals surface area contributed by atoms with Crippen LogP contribution in [-0.4, -0.2) is 30.6 Å². The Bertz CT molecular complexity index is 352. The van der Waals surface area contributed by atoms with E-state index in [1.165, 1.54) is 4.88 Å². The first-order chi connectivity index (χ1) is 7.70. The van der Waals surface area contributed by atoms with E-state index < -0.39 is 0 Å². The Kier molecular flexibility index (Phi) is 3.46. The summed E-state index contributed by atoms with van der Waals surface area (Å²) in [4.78, 5) is 14.8. The van der Waals surface area contributed by atoms with Crippen molar-refractivity contribution in [2.75, 3.05) is 19.6 Å². The molecule has 1 aromatic rings. The van der Waals surface area contributed by atoms with Crippen molar-refractivity contribution in [3.8, 4) is 0 Å². The highest BCUT2D eigenvalue weighted by Gasteiger charge is 2.30. The first-order valence-electron chi connectivity index (χ1n) is 5.49. The summed E-state index contributed by atoms with van der Waals surface area (Å²) < 4.78 is 0. The summed E-state index contributed by atoms with van der Waals surface area (Å²) in [6.45, 7) is 4.17. The van der Waals surface area contributed by atoms with Gasteiger partial charge in [0.1, 0.15) is 0 Å². The molecule has 1 fully saturated rings. The Balaban J connectivity index is 1.97. The number of carbonyl (C=O) groups is 1. The second kappa shape index (κ2) is 4.84. The van der Waals surface area contributed by atoms with Crippen molar-refractivity contribution in [3.05, 3.63) is 22.4 Å². The lowest BCUT2D eigenvalue weighted by Crippen LogP contribution is -2.34. The molecule has 1 aliphatic heterocycles. The van der Waals surface area contributed by atoms with Crippen LogP contribution >= 0.6 is 11.3 Å². The van der Waals surface area contributed by atoms with Crippen LogP contribution in [0.5, 0.6) is 0 Å². The third-order valence-corrected chi connectivity index (χ3v) is 3.79. The van der Waals surface area contributed by atoms with Crippen LogP contribution in [0.4, 0.5) is 4.79 Å². The fourth-order valence-corrected chi connectivity index (χ4v) is 2.62. The summed E-state index contributed by atoms with van der Waals surface area (Å²) in [6, 6.07) is 4.25. The van der Waals surface area contributed by atoms with Crippen molar-refractivity contribution in [1.29, 1.82) is 0 Å². The average molecular weight is 239 g/mol. The van der Waals surface area contributed by atoms with Gasteiger partial charge < -0.3 is 16.0 Å². The SMILES string of the molecule is CC(CN)CN1CC(c2cccs2)NC1=O. The molecule has 88 valence electrons. The molecule has 0 radical (unpaired) electrons. The van der Waals surface area contributed by atoms with Crippen molar-refractivity contribution < 1.29 is 4.79 Å². The maximum absolute atomic E-state index is 11.7. The topological polar surface area (TPSA) is 58.4 Å². The highest BCUT2D eigenvalue weighted by Crippen LogP contribution is 2.24. The van der Waals surface area contributed by atoms with Crippen LogP contribution in [0.2, 0.25) is 0 Å². The molecule has 2 atom stereocenters. The standard InChI is InChI=1S/C11H17N3OS/c1-8(5-12)6-14-7-9(13-11(14)15)10-3-2-4-16-10/h2-4,8-9H,5-7,12H2,1H3,(H,13,15). The highest BCUT2D eigenvalue weighted by molar-refractivity contribution is 7.10. The van der Waals surface area contributed by atoms with Gasteiger partial charge in [0, 0.05) is 18.0 Å². The number of rotatable bonds is 4. The quantitative estimate of drug-likeness (QED) is 0.834. The van der Waals surface area contributed by atoms with Gasteiger partial charge in [-0.3, -0.25) is 0 Å². The van der Waals surface area contributed by atoms with Crippen LogP contribution in [0.25, 0.3) is 0 Å². The molecule has 2 unspecified atom stereocenters. The van der Waals surface area contributed by atoms with Crippen molar-refractivity contribution >= 4 is 17.4 Å². The van der Waals surface area contributed by atoms with E-state index in [0.29, 0.717) is 12.5 Å². The van der Waals surface area contributed by atoms with Crippen molar-refractivity contribution in [1.82, 2.24) is 10.2 Å². The first kappa shape index (κ1) is 11.4. The largest absolute Gasteiger partial charge is 0.330 e. The smallest absolute Gasteiger partial charge is 0.318 e. The molecule has 0 saturated carbocycles. The monoisotopic (exact) mass is 239 g/mol. The fraction of sp³-hybridized carbons (Fsp3) is 0.545. The number of nitrogens with one attached hydrogen (secondary N) is 1. The Hall–Kier alpha value is -1.07. The van der Waals surface area contributed by atoms with Gasteiger partial charge in [0.15, 0.2) is 0 Å². The molecule has 1 aromatic heterocycles. The Morgan fingerprint density at radius 3 is 3.19 bits per heavy atom. The van der Waals surface area contributed by atoms with E-state index in [0.717, 1.165) is 13.1 Å². The van der Waals surface area contributed by atoms with Gasteiger partial charge in [-0.05, 0) is 23.9 Å². The van der Waals surface area contributed by atoms with E-state index in [1.54, 1.807) is 11.3 Å². The molecule has 2 amide bonds. The molecule has 1 aliphatic rings. The van der Waals surface area contributed by atoms with E-state index in [2.05, 4.69) is 18.3 Å². The lowest BCUT2D eigenvalue weighted by atomic mass is 10.1. The molecule has 2 rings (SSSR count). The molecule has 0 aliphatic carbocycles. The number of amides is 2. The molecule has 2 heterocycles. The first-order valence-corrected chi connectivity index (χ1v) is 6.37. The minimum atomic E-state index is 0.0266. The number of hydrogen-bond acceptors (Lipinski definition) is 3. The van der Waals surface area contributed by atoms with Crippen molar-refractivity contribution in [3.63, 3.8) is 0 Å². The Morgan fingerprint density at radius 1 is 1.75 bits per heavy atom. The third kappa shape index (κ3) is 2.36. The number of thiophene rings is 1. The summed E-state index contributed by atoms with van der Waals surface area (Å²) in [5.41, 5.74) is 5.57. The summed E-state index contributed by atoms with van der Waals surface area (Å²) >= 11 is 1.68. The van der Waals surface area contributed by atoms with Gasteiger partial charge in [0.2, 0.25) is 0 Å². The van der Waals surface area contributed by atoms with Gasteiger partial charge in [-0.1, -0.05) is 13.0 Å². The minimum Gasteiger partial charge on any atom is -0.330 e. The summed E-state index contributed by atoms with van der Waals surface area (Å²) in [5, 5.41) is 5.03. The maximum Gasteiger partial charge on any atom is 0.318 e. The third-order valence-electron chi connectivity index (χ3n) is 2.81. The second-order valence-corrected chi connectivity index (χ2v) is 5.24. The predicted octanol–water partition coefficient (Wildman–Crippen LogP) is 1.41. The maximum atomic E-state index is 11.7. The molecular weight excluding hydrogens is 222 g/mol. The van der Waals surface area contributed by atoms with E-state index in [1.807, 2.05) is 16.3 Å². The summed E-state index contributed by atoms with van der Waals surface area (Å²) in [7, 11) is 0. The second-order valence-electron chi connectivity index (χ2n) is 4.26. The van der Waals surface area contributed by atoms with E-state index in [-0.39, 0.29) is 12.1 Å². The molecule has 0 spiro atoms. The molecule has 1 saturated heterocycles. The summed E-state index contributed by atoms with van der Waals surface area (Å²) in [6.07, 6.45) is 0. The highest BCUT2D eigenvalue weighted by atomic mass is 32.1. The van der Waals surface area contributed by atoms with E-state index >= 15 is 0 Å². The van der Waals surface area contributed by atoms with Gasteiger partial charge in [-0.15, -0.1) is 11.3 Å². The zero-order valence-corrected chi connectivity index (χ0v) is 10.2. The molecule has 3 N–H and O–H groups in total. The molecule has 5 heteroatoms. The molecule has 0 aromatic carbocycles. The Morgan fingerprint density at radius 2 is 2.56 bits per heavy atom. The molecule has 4 nitrogen and oxygen atoms in total. The number of carbonyl (C=O) groups excluding carboxylic acids is 1. The van der Waals surface area contributed by atoms with E-state index in [9.17, 15) is 4.79 Å². The predicted molar refractivity (Wildman–Crippen MR) is 65.4 cm³/mol. The van der Waals surface area contributed by atoms with Gasteiger partial charge in [-0.2, -0.15) is 0 Å². The van der Waals surface area contributed by atoms with Crippen LogP contribution in [0.3, 0.4) is 0 Å². The van der Waals surface area contributed by atoms with Gasteiger partial charge >= 0.3 is 6.03 Å². The normalized spacial score (nSPS) is 22.2. The number of nitrogens with two attached hydrogens (primary N) is 1. The van der Waals surface area contributed by atoms with E-state index in [4.69, 9.17) is 5.73 Å². The Labute approximate surface area is 99.4 Å². The zero-order valence-electron chi connectivity index (χ0n) is 9.35. The average Bonchev–Trinajstić information content (AvgIpc) is 2.88. The van der Waals surface area contributed by atoms with Crippen LogP contribution in [-0.2, 0) is 0 Å². The van der Waals surface area contributed by atoms with Crippen LogP contribution < -0.4 is 11.1 Å². The van der Waals surface area contributed by atoms with Crippen molar-refractivity contribution in [2.24, 2.45) is 11.7 Å². The fourth-order valence-electron chi connectivity index (χ4n) is 1.85. The number of urea groups is 1. The lowest BCUT2D eigenvalue weighted by Gasteiger charge is -2.18. The van der Waals surface area contributed by atoms with Crippen LogP contribution in [0.1, 0.15) is 17.8 Å². The summed E-state index contributed by atoms with van der Waals surface area (Å²) in [5.74, 6) is 0.354. The van der Waals surface area contributed by atoms with Crippen LogP contribution in [0, 0.1) is 5.92 Å². The van der Waals surface area contributed by atoms with Gasteiger partial charge in [-0.25, -0.2) is 4.79 Å². The van der Waals surface area contributed by atoms with Gasteiger partial charge in [0.25, 0.3) is 0 Å².